The normalized spacial score (nSPS) is 17.6. The van der Waals surface area contributed by atoms with E-state index in [1.54, 1.807) is 24.1 Å². The highest BCUT2D eigenvalue weighted by Crippen LogP contribution is 2.16. The Kier molecular flexibility index (Phi) is 5.53. The first-order chi connectivity index (χ1) is 12.0. The molecule has 8 heteroatoms. The minimum Gasteiger partial charge on any atom is -0.337 e. The number of carbonyl (C=O) groups is 1. The molecular weight excluding hydrogens is 358 g/mol. The number of sulfonamides is 1. The zero-order valence-electron chi connectivity index (χ0n) is 13.9. The highest BCUT2D eigenvalue weighted by molar-refractivity contribution is 7.89. The summed E-state index contributed by atoms with van der Waals surface area (Å²) in [5.41, 5.74) is 0.492. The number of likely N-dealkylation sites (N-methyl/N-ethyl adjacent to an activating group) is 1. The molecule has 1 unspecified atom stereocenters. The molecule has 134 valence electrons. The van der Waals surface area contributed by atoms with Gasteiger partial charge in [-0.15, -0.1) is 11.3 Å². The van der Waals surface area contributed by atoms with Gasteiger partial charge < -0.3 is 10.2 Å². The molecule has 1 atom stereocenters. The zero-order chi connectivity index (χ0) is 17.9. The van der Waals surface area contributed by atoms with E-state index in [0.717, 1.165) is 24.4 Å². The summed E-state index contributed by atoms with van der Waals surface area (Å²) in [5, 5.41) is 5.14. The fraction of sp³-hybridized carbons (Fsp3) is 0.353. The van der Waals surface area contributed by atoms with Gasteiger partial charge in [-0.05, 0) is 48.7 Å². The van der Waals surface area contributed by atoms with E-state index in [2.05, 4.69) is 10.0 Å². The fourth-order valence-electron chi connectivity index (χ4n) is 2.78. The molecule has 25 heavy (non-hydrogen) atoms. The second-order valence-electron chi connectivity index (χ2n) is 5.99. The molecule has 1 saturated heterocycles. The molecule has 1 aromatic heterocycles. The third kappa shape index (κ3) is 4.27. The van der Waals surface area contributed by atoms with Gasteiger partial charge in [-0.25, -0.2) is 13.1 Å². The van der Waals surface area contributed by atoms with Gasteiger partial charge in [0.15, 0.2) is 0 Å². The molecule has 6 nitrogen and oxygen atoms in total. The van der Waals surface area contributed by atoms with Gasteiger partial charge in [0, 0.05) is 36.6 Å². The van der Waals surface area contributed by atoms with Crippen molar-refractivity contribution in [1.29, 1.82) is 0 Å². The molecule has 0 bridgehead atoms. The maximum atomic E-state index is 12.5. The third-order valence-electron chi connectivity index (χ3n) is 4.33. The Labute approximate surface area is 151 Å². The lowest BCUT2D eigenvalue weighted by Crippen LogP contribution is -2.38. The van der Waals surface area contributed by atoms with Crippen LogP contribution in [0.2, 0.25) is 0 Å². The molecule has 1 amide bonds. The van der Waals surface area contributed by atoms with E-state index in [4.69, 9.17) is 0 Å². The van der Waals surface area contributed by atoms with Crippen molar-refractivity contribution >= 4 is 27.3 Å². The molecule has 2 aromatic rings. The second kappa shape index (κ2) is 7.65. The Balaban J connectivity index is 1.67. The van der Waals surface area contributed by atoms with Gasteiger partial charge in [-0.1, -0.05) is 6.07 Å². The summed E-state index contributed by atoms with van der Waals surface area (Å²) in [5.74, 6) is -0.0933. The Hall–Kier alpha value is -1.74. The van der Waals surface area contributed by atoms with Crippen LogP contribution in [0.1, 0.15) is 21.7 Å². The molecule has 2 heterocycles. The van der Waals surface area contributed by atoms with E-state index in [1.807, 2.05) is 17.5 Å². The van der Waals surface area contributed by atoms with Crippen LogP contribution in [-0.2, 0) is 16.6 Å². The van der Waals surface area contributed by atoms with Gasteiger partial charge in [-0.3, -0.25) is 4.79 Å². The predicted molar refractivity (Wildman–Crippen MR) is 98.2 cm³/mol. The number of carbonyl (C=O) groups excluding carboxylic acids is 1. The lowest BCUT2D eigenvalue weighted by atomic mass is 10.1. The third-order valence-corrected chi connectivity index (χ3v) is 6.62. The van der Waals surface area contributed by atoms with E-state index in [-0.39, 0.29) is 23.4 Å². The molecule has 0 saturated carbocycles. The number of hydrogen-bond acceptors (Lipinski definition) is 5. The number of amides is 1. The van der Waals surface area contributed by atoms with Crippen molar-refractivity contribution in [3.8, 4) is 0 Å². The lowest BCUT2D eigenvalue weighted by Gasteiger charge is -2.23. The summed E-state index contributed by atoms with van der Waals surface area (Å²) >= 11 is 1.50. The minimum absolute atomic E-state index is 0.0933. The summed E-state index contributed by atoms with van der Waals surface area (Å²) in [6.07, 6.45) is 0.932. The summed E-state index contributed by atoms with van der Waals surface area (Å²) in [7, 11) is -1.81. The first kappa shape index (κ1) is 18.1. The zero-order valence-corrected chi connectivity index (χ0v) is 15.6. The maximum absolute atomic E-state index is 12.5. The molecule has 3 rings (SSSR count). The average molecular weight is 380 g/mol. The number of nitrogens with one attached hydrogen (secondary N) is 2. The van der Waals surface area contributed by atoms with Gasteiger partial charge in [0.25, 0.3) is 5.91 Å². The standard InChI is InChI=1S/C17H21N3O3S2/c1-20(14-8-9-18-11-14)17(21)13-4-6-16(7-5-13)25(22,23)19-12-15-3-2-10-24-15/h2-7,10,14,18-19H,8-9,11-12H2,1H3. The molecule has 2 N–H and O–H groups in total. The maximum Gasteiger partial charge on any atom is 0.253 e. The number of hydrogen-bond donors (Lipinski definition) is 2. The van der Waals surface area contributed by atoms with Crippen LogP contribution in [0.25, 0.3) is 0 Å². The van der Waals surface area contributed by atoms with E-state index >= 15 is 0 Å². The molecule has 0 aliphatic carbocycles. The highest BCUT2D eigenvalue weighted by atomic mass is 32.2. The van der Waals surface area contributed by atoms with Crippen molar-refractivity contribution in [3.05, 3.63) is 52.2 Å². The van der Waals surface area contributed by atoms with Crippen LogP contribution in [0.15, 0.2) is 46.7 Å². The van der Waals surface area contributed by atoms with Gasteiger partial charge in [-0.2, -0.15) is 0 Å². The SMILES string of the molecule is CN(C(=O)c1ccc(S(=O)(=O)NCc2cccs2)cc1)C1CCNC1. The smallest absolute Gasteiger partial charge is 0.253 e. The van der Waals surface area contributed by atoms with E-state index in [9.17, 15) is 13.2 Å². The van der Waals surface area contributed by atoms with Crippen LogP contribution in [0.3, 0.4) is 0 Å². The van der Waals surface area contributed by atoms with Gasteiger partial charge >= 0.3 is 0 Å². The monoisotopic (exact) mass is 379 g/mol. The van der Waals surface area contributed by atoms with Crippen molar-refractivity contribution in [2.45, 2.75) is 23.9 Å². The van der Waals surface area contributed by atoms with Gasteiger partial charge in [0.1, 0.15) is 0 Å². The van der Waals surface area contributed by atoms with Crippen molar-refractivity contribution in [3.63, 3.8) is 0 Å². The van der Waals surface area contributed by atoms with Crippen LogP contribution >= 0.6 is 11.3 Å². The fourth-order valence-corrected chi connectivity index (χ4v) is 4.52. The first-order valence-electron chi connectivity index (χ1n) is 8.07. The van der Waals surface area contributed by atoms with Gasteiger partial charge in [0.2, 0.25) is 10.0 Å². The van der Waals surface area contributed by atoms with Crippen molar-refractivity contribution in [1.82, 2.24) is 14.9 Å². The largest absolute Gasteiger partial charge is 0.337 e. The van der Waals surface area contributed by atoms with E-state index in [0.29, 0.717) is 5.56 Å². The van der Waals surface area contributed by atoms with E-state index < -0.39 is 10.0 Å². The Morgan fingerprint density at radius 1 is 1.32 bits per heavy atom. The second-order valence-corrected chi connectivity index (χ2v) is 8.79. The molecule has 1 aromatic carbocycles. The minimum atomic E-state index is -3.59. The molecule has 1 aliphatic rings. The van der Waals surface area contributed by atoms with Crippen LogP contribution in [0.5, 0.6) is 0 Å². The van der Waals surface area contributed by atoms with Crippen LogP contribution in [0.4, 0.5) is 0 Å². The summed E-state index contributed by atoms with van der Waals surface area (Å²) in [6.45, 7) is 1.97. The quantitative estimate of drug-likeness (QED) is 0.800. The van der Waals surface area contributed by atoms with Crippen LogP contribution < -0.4 is 10.0 Å². The summed E-state index contributed by atoms with van der Waals surface area (Å²) < 4.78 is 27.3. The highest BCUT2D eigenvalue weighted by Gasteiger charge is 2.24. The lowest BCUT2D eigenvalue weighted by molar-refractivity contribution is 0.0743. The van der Waals surface area contributed by atoms with Crippen molar-refractivity contribution in [2.24, 2.45) is 0 Å². The van der Waals surface area contributed by atoms with Gasteiger partial charge in [0.05, 0.1) is 4.90 Å². The topological polar surface area (TPSA) is 78.5 Å². The van der Waals surface area contributed by atoms with E-state index in [1.165, 1.54) is 23.5 Å². The number of benzene rings is 1. The Morgan fingerprint density at radius 2 is 2.08 bits per heavy atom. The summed E-state index contributed by atoms with van der Waals surface area (Å²) in [6, 6.07) is 10.0. The first-order valence-corrected chi connectivity index (χ1v) is 10.4. The number of nitrogens with zero attached hydrogens (tertiary/aromatic N) is 1. The molecular formula is C17H21N3O3S2. The Bertz CT molecular complexity index is 811. The average Bonchev–Trinajstić information content (AvgIpc) is 3.32. The number of rotatable bonds is 6. The summed E-state index contributed by atoms with van der Waals surface area (Å²) in [4.78, 5) is 15.3. The predicted octanol–water partition coefficient (Wildman–Crippen LogP) is 1.66. The van der Waals surface area contributed by atoms with Crippen molar-refractivity contribution in [2.75, 3.05) is 20.1 Å². The van der Waals surface area contributed by atoms with Crippen molar-refractivity contribution < 1.29 is 13.2 Å². The Morgan fingerprint density at radius 3 is 2.68 bits per heavy atom. The van der Waals surface area contributed by atoms with Crippen LogP contribution in [-0.4, -0.2) is 45.4 Å². The number of thiophene rings is 1. The molecule has 0 radical (unpaired) electrons. The molecule has 1 fully saturated rings. The molecule has 0 spiro atoms. The van der Waals surface area contributed by atoms with Crippen LogP contribution in [0, 0.1) is 0 Å². The molecule has 1 aliphatic heterocycles.